The second kappa shape index (κ2) is 8.03. The highest BCUT2D eigenvalue weighted by Gasteiger charge is 2.10. The van der Waals surface area contributed by atoms with Crippen LogP contribution in [-0.4, -0.2) is 17.5 Å². The lowest BCUT2D eigenvalue weighted by Crippen LogP contribution is -2.24. The van der Waals surface area contributed by atoms with E-state index < -0.39 is 6.61 Å². The van der Waals surface area contributed by atoms with Crippen molar-refractivity contribution in [2.45, 2.75) is 19.6 Å². The Morgan fingerprint density at radius 1 is 1.26 bits per heavy atom. The van der Waals surface area contributed by atoms with E-state index in [0.29, 0.717) is 11.3 Å². The number of carbonyl (C=O) groups is 1. The van der Waals surface area contributed by atoms with Gasteiger partial charge in [0.25, 0.3) is 0 Å². The van der Waals surface area contributed by atoms with Crippen molar-refractivity contribution in [1.82, 2.24) is 10.3 Å². The maximum absolute atomic E-state index is 12.2. The molecule has 1 atom stereocenters. The average Bonchev–Trinajstić information content (AvgIpc) is 2.53. The van der Waals surface area contributed by atoms with Crippen LogP contribution in [0, 0.1) is 0 Å². The molecular formula is C17H16F2N2O2. The maximum atomic E-state index is 12.2. The Labute approximate surface area is 132 Å². The van der Waals surface area contributed by atoms with Crippen molar-refractivity contribution >= 4 is 12.0 Å². The average molecular weight is 318 g/mol. The highest BCUT2D eigenvalue weighted by Crippen LogP contribution is 2.20. The number of carbonyl (C=O) groups excluding carboxylic acids is 1. The fourth-order valence-electron chi connectivity index (χ4n) is 1.94. The summed E-state index contributed by atoms with van der Waals surface area (Å²) < 4.78 is 28.8. The fraction of sp³-hybridized carbons (Fsp3) is 0.176. The molecule has 0 aliphatic carbocycles. The Morgan fingerprint density at radius 3 is 2.78 bits per heavy atom. The molecule has 6 heteroatoms. The van der Waals surface area contributed by atoms with Crippen LogP contribution >= 0.6 is 0 Å². The van der Waals surface area contributed by atoms with E-state index in [1.54, 1.807) is 43.5 Å². The van der Waals surface area contributed by atoms with Gasteiger partial charge in [-0.15, -0.1) is 0 Å². The van der Waals surface area contributed by atoms with Gasteiger partial charge in [0.05, 0.1) is 11.7 Å². The molecule has 23 heavy (non-hydrogen) atoms. The Bertz CT molecular complexity index is 675. The van der Waals surface area contributed by atoms with Gasteiger partial charge in [0, 0.05) is 12.3 Å². The van der Waals surface area contributed by atoms with Crippen LogP contribution in [0.4, 0.5) is 8.78 Å². The van der Waals surface area contributed by atoms with E-state index in [-0.39, 0.29) is 17.7 Å². The first-order valence-corrected chi connectivity index (χ1v) is 6.99. The summed E-state index contributed by atoms with van der Waals surface area (Å²) in [6.07, 6.45) is 4.60. The summed E-state index contributed by atoms with van der Waals surface area (Å²) in [5.41, 5.74) is 1.34. The first-order chi connectivity index (χ1) is 11.0. The zero-order valence-corrected chi connectivity index (χ0v) is 12.4. The summed E-state index contributed by atoms with van der Waals surface area (Å²) in [7, 11) is 0. The van der Waals surface area contributed by atoms with Crippen molar-refractivity contribution in [2.24, 2.45) is 0 Å². The van der Waals surface area contributed by atoms with E-state index in [0.717, 1.165) is 0 Å². The molecule has 2 aromatic rings. The predicted molar refractivity (Wildman–Crippen MR) is 82.9 cm³/mol. The number of nitrogens with zero attached hydrogens (tertiary/aromatic N) is 1. The zero-order valence-electron chi connectivity index (χ0n) is 12.4. The van der Waals surface area contributed by atoms with Crippen molar-refractivity contribution in [3.63, 3.8) is 0 Å². The van der Waals surface area contributed by atoms with Gasteiger partial charge < -0.3 is 10.1 Å². The number of amides is 1. The van der Waals surface area contributed by atoms with Gasteiger partial charge in [0.15, 0.2) is 0 Å². The molecule has 0 fully saturated rings. The standard InChI is InChI=1S/C17H16F2N2O2/c1-12(13-5-4-7-15(11-13)23-17(18)19)21-16(22)9-8-14-6-2-3-10-20-14/h2-12,17H,1H3,(H,21,22)/b9-8+. The molecule has 1 aromatic heterocycles. The van der Waals surface area contributed by atoms with E-state index in [9.17, 15) is 13.6 Å². The molecule has 4 nitrogen and oxygen atoms in total. The van der Waals surface area contributed by atoms with E-state index >= 15 is 0 Å². The van der Waals surface area contributed by atoms with Crippen LogP contribution in [0.15, 0.2) is 54.7 Å². The number of hydrogen-bond donors (Lipinski definition) is 1. The topological polar surface area (TPSA) is 51.2 Å². The van der Waals surface area contributed by atoms with Gasteiger partial charge in [-0.2, -0.15) is 8.78 Å². The first kappa shape index (κ1) is 16.6. The summed E-state index contributed by atoms with van der Waals surface area (Å²) in [6, 6.07) is 11.3. The Balaban J connectivity index is 1.97. The second-order valence-electron chi connectivity index (χ2n) is 4.77. The maximum Gasteiger partial charge on any atom is 0.387 e. The van der Waals surface area contributed by atoms with Crippen molar-refractivity contribution in [2.75, 3.05) is 0 Å². The molecular weight excluding hydrogens is 302 g/mol. The lowest BCUT2D eigenvalue weighted by molar-refractivity contribution is -0.117. The highest BCUT2D eigenvalue weighted by molar-refractivity contribution is 5.91. The molecule has 0 aliphatic heterocycles. The van der Waals surface area contributed by atoms with Gasteiger partial charge >= 0.3 is 6.61 Å². The molecule has 1 heterocycles. The van der Waals surface area contributed by atoms with E-state index in [2.05, 4.69) is 15.0 Å². The second-order valence-corrected chi connectivity index (χ2v) is 4.77. The quantitative estimate of drug-likeness (QED) is 0.828. The predicted octanol–water partition coefficient (Wildman–Crippen LogP) is 3.57. The number of pyridine rings is 1. The number of ether oxygens (including phenoxy) is 1. The molecule has 1 N–H and O–H groups in total. The van der Waals surface area contributed by atoms with Crippen LogP contribution in [-0.2, 0) is 4.79 Å². The summed E-state index contributed by atoms with van der Waals surface area (Å²) >= 11 is 0. The van der Waals surface area contributed by atoms with Crippen LogP contribution in [0.2, 0.25) is 0 Å². The van der Waals surface area contributed by atoms with Crippen molar-refractivity contribution in [3.8, 4) is 5.75 Å². The van der Waals surface area contributed by atoms with Crippen molar-refractivity contribution in [1.29, 1.82) is 0 Å². The van der Waals surface area contributed by atoms with Gasteiger partial charge in [0.1, 0.15) is 5.75 Å². The molecule has 1 amide bonds. The molecule has 0 aliphatic rings. The van der Waals surface area contributed by atoms with E-state index in [4.69, 9.17) is 0 Å². The molecule has 1 aromatic carbocycles. The molecule has 0 saturated carbocycles. The van der Waals surface area contributed by atoms with Gasteiger partial charge in [-0.1, -0.05) is 18.2 Å². The summed E-state index contributed by atoms with van der Waals surface area (Å²) in [6.45, 7) is -1.12. The fourth-order valence-corrected chi connectivity index (χ4v) is 1.94. The van der Waals surface area contributed by atoms with Crippen LogP contribution in [0.1, 0.15) is 24.2 Å². The first-order valence-electron chi connectivity index (χ1n) is 6.99. The van der Waals surface area contributed by atoms with Crippen LogP contribution in [0.3, 0.4) is 0 Å². The number of hydrogen-bond acceptors (Lipinski definition) is 3. The Morgan fingerprint density at radius 2 is 2.09 bits per heavy atom. The third-order valence-corrected chi connectivity index (χ3v) is 3.04. The summed E-state index contributed by atoms with van der Waals surface area (Å²) in [5.74, 6) is -0.244. The molecule has 120 valence electrons. The molecule has 1 unspecified atom stereocenters. The van der Waals surface area contributed by atoms with Crippen LogP contribution in [0.25, 0.3) is 6.08 Å². The lowest BCUT2D eigenvalue weighted by Gasteiger charge is -2.14. The molecule has 0 bridgehead atoms. The minimum atomic E-state index is -2.88. The molecule has 2 rings (SSSR count). The SMILES string of the molecule is CC(NC(=O)/C=C/c1ccccn1)c1cccc(OC(F)F)c1. The lowest BCUT2D eigenvalue weighted by atomic mass is 10.1. The normalized spacial score (nSPS) is 12.3. The molecule has 0 spiro atoms. The third kappa shape index (κ3) is 5.50. The summed E-state index contributed by atoms with van der Waals surface area (Å²) in [4.78, 5) is 16.0. The third-order valence-electron chi connectivity index (χ3n) is 3.04. The number of nitrogens with one attached hydrogen (secondary N) is 1. The highest BCUT2D eigenvalue weighted by atomic mass is 19.3. The zero-order chi connectivity index (χ0) is 16.7. The minimum Gasteiger partial charge on any atom is -0.435 e. The van der Waals surface area contributed by atoms with E-state index in [1.165, 1.54) is 18.2 Å². The molecule has 0 saturated heterocycles. The number of alkyl halides is 2. The van der Waals surface area contributed by atoms with Gasteiger partial charge in [0.2, 0.25) is 5.91 Å². The van der Waals surface area contributed by atoms with E-state index in [1.807, 2.05) is 6.07 Å². The van der Waals surface area contributed by atoms with Gasteiger partial charge in [-0.3, -0.25) is 9.78 Å². The van der Waals surface area contributed by atoms with Gasteiger partial charge in [-0.25, -0.2) is 0 Å². The van der Waals surface area contributed by atoms with Crippen molar-refractivity contribution in [3.05, 3.63) is 66.0 Å². The minimum absolute atomic E-state index is 0.0580. The Hall–Kier alpha value is -2.76. The number of halogens is 2. The van der Waals surface area contributed by atoms with Crippen LogP contribution < -0.4 is 10.1 Å². The smallest absolute Gasteiger partial charge is 0.387 e. The number of benzene rings is 1. The Kier molecular flexibility index (Phi) is 5.80. The van der Waals surface area contributed by atoms with Gasteiger partial charge in [-0.05, 0) is 42.8 Å². The summed E-state index contributed by atoms with van der Waals surface area (Å²) in [5, 5.41) is 2.75. The number of aromatic nitrogens is 1. The monoisotopic (exact) mass is 318 g/mol. The molecule has 0 radical (unpaired) electrons. The largest absolute Gasteiger partial charge is 0.435 e. The van der Waals surface area contributed by atoms with Crippen LogP contribution in [0.5, 0.6) is 5.75 Å². The van der Waals surface area contributed by atoms with Crippen molar-refractivity contribution < 1.29 is 18.3 Å². The number of rotatable bonds is 6.